The fraction of sp³-hybridized carbons (Fsp3) is 0.643. The van der Waals surface area contributed by atoms with Crippen molar-refractivity contribution in [3.05, 3.63) is 21.9 Å². The summed E-state index contributed by atoms with van der Waals surface area (Å²) in [4.78, 5) is 11.8. The predicted octanol–water partition coefficient (Wildman–Crippen LogP) is 2.93. The second kappa shape index (κ2) is 7.38. The molecule has 0 fully saturated rings. The molecule has 1 aromatic rings. The van der Waals surface area contributed by atoms with Gasteiger partial charge < -0.3 is 20.3 Å². The highest BCUT2D eigenvalue weighted by atomic mass is 35.5. The molecule has 1 rings (SSSR count). The summed E-state index contributed by atoms with van der Waals surface area (Å²) in [5.41, 5.74) is -0.127. The van der Waals surface area contributed by atoms with Crippen LogP contribution in [-0.4, -0.2) is 27.9 Å². The lowest BCUT2D eigenvalue weighted by Crippen LogP contribution is -2.47. The smallest absolute Gasteiger partial charge is 0.315 e. The largest absolute Gasteiger partial charge is 0.388 e. The average Bonchev–Trinajstić information content (AvgIpc) is 2.69. The fourth-order valence-corrected chi connectivity index (χ4v) is 2.28. The molecule has 2 amide bonds. The standard InChI is InChI=1S/C14H23Cl2N3O2/c1-5-9(2)14(3,21)8-18-13(20)17-7-10-6-11(15)12(16)19(10)4/h6,9,21H,5,7-8H2,1-4H3,(H2,17,18,20). The number of nitrogens with zero attached hydrogens (tertiary/aromatic N) is 1. The molecule has 0 aliphatic carbocycles. The van der Waals surface area contributed by atoms with E-state index in [0.717, 1.165) is 12.1 Å². The first-order valence-corrected chi connectivity index (χ1v) is 7.68. The molecule has 0 bridgehead atoms. The summed E-state index contributed by atoms with van der Waals surface area (Å²) in [6.07, 6.45) is 0.844. The lowest BCUT2D eigenvalue weighted by Gasteiger charge is -2.29. The molecule has 21 heavy (non-hydrogen) atoms. The summed E-state index contributed by atoms with van der Waals surface area (Å²) in [7, 11) is 1.77. The summed E-state index contributed by atoms with van der Waals surface area (Å²) < 4.78 is 1.71. The molecule has 7 heteroatoms. The van der Waals surface area contributed by atoms with Crippen LogP contribution in [0.2, 0.25) is 10.2 Å². The van der Waals surface area contributed by atoms with E-state index in [1.54, 1.807) is 24.6 Å². The van der Waals surface area contributed by atoms with Crippen molar-refractivity contribution in [3.63, 3.8) is 0 Å². The van der Waals surface area contributed by atoms with Crippen LogP contribution in [-0.2, 0) is 13.6 Å². The molecule has 2 atom stereocenters. The minimum Gasteiger partial charge on any atom is -0.388 e. The van der Waals surface area contributed by atoms with Gasteiger partial charge in [-0.25, -0.2) is 4.79 Å². The Morgan fingerprint density at radius 3 is 2.57 bits per heavy atom. The van der Waals surface area contributed by atoms with Gasteiger partial charge >= 0.3 is 6.03 Å². The number of carbonyl (C=O) groups excluding carboxylic acids is 1. The zero-order valence-corrected chi connectivity index (χ0v) is 14.3. The van der Waals surface area contributed by atoms with Crippen molar-refractivity contribution in [2.75, 3.05) is 6.54 Å². The van der Waals surface area contributed by atoms with E-state index in [0.29, 0.717) is 16.7 Å². The van der Waals surface area contributed by atoms with Gasteiger partial charge in [0, 0.05) is 19.3 Å². The second-order valence-corrected chi connectivity index (χ2v) is 6.30. The molecule has 0 aliphatic rings. The highest BCUT2D eigenvalue weighted by molar-refractivity contribution is 6.41. The van der Waals surface area contributed by atoms with Crippen LogP contribution in [0.4, 0.5) is 4.79 Å². The third kappa shape index (κ3) is 4.80. The first-order chi connectivity index (χ1) is 9.69. The highest BCUT2D eigenvalue weighted by Gasteiger charge is 2.27. The SMILES string of the molecule is CCC(C)C(C)(O)CNC(=O)NCc1cc(Cl)c(Cl)n1C. The van der Waals surface area contributed by atoms with Crippen LogP contribution in [0.3, 0.4) is 0 Å². The molecule has 1 heterocycles. The third-order valence-corrected chi connectivity index (χ3v) is 4.77. The van der Waals surface area contributed by atoms with E-state index in [1.807, 2.05) is 13.8 Å². The lowest BCUT2D eigenvalue weighted by atomic mass is 9.89. The van der Waals surface area contributed by atoms with E-state index in [2.05, 4.69) is 10.6 Å². The van der Waals surface area contributed by atoms with Gasteiger partial charge in [-0.1, -0.05) is 43.5 Å². The maximum Gasteiger partial charge on any atom is 0.315 e. The van der Waals surface area contributed by atoms with Gasteiger partial charge in [-0.3, -0.25) is 0 Å². The van der Waals surface area contributed by atoms with E-state index in [-0.39, 0.29) is 18.5 Å². The van der Waals surface area contributed by atoms with Crippen molar-refractivity contribution in [2.24, 2.45) is 13.0 Å². The summed E-state index contributed by atoms with van der Waals surface area (Å²) >= 11 is 11.9. The number of carbonyl (C=O) groups is 1. The van der Waals surface area contributed by atoms with E-state index in [9.17, 15) is 9.90 Å². The lowest BCUT2D eigenvalue weighted by molar-refractivity contribution is 0.00790. The summed E-state index contributed by atoms with van der Waals surface area (Å²) in [5.74, 6) is 0.100. The van der Waals surface area contributed by atoms with Crippen molar-refractivity contribution in [1.82, 2.24) is 15.2 Å². The molecule has 0 spiro atoms. The number of hydrogen-bond donors (Lipinski definition) is 3. The van der Waals surface area contributed by atoms with Crippen LogP contribution in [0, 0.1) is 5.92 Å². The van der Waals surface area contributed by atoms with Crippen LogP contribution in [0.1, 0.15) is 32.9 Å². The number of amides is 2. The number of aromatic nitrogens is 1. The predicted molar refractivity (Wildman–Crippen MR) is 85.8 cm³/mol. The number of urea groups is 1. The molecule has 1 aromatic heterocycles. The van der Waals surface area contributed by atoms with Crippen molar-refractivity contribution in [3.8, 4) is 0 Å². The fourth-order valence-electron chi connectivity index (χ4n) is 1.87. The maximum atomic E-state index is 11.8. The highest BCUT2D eigenvalue weighted by Crippen LogP contribution is 2.24. The Hall–Kier alpha value is -0.910. The minimum atomic E-state index is -0.927. The zero-order valence-electron chi connectivity index (χ0n) is 12.8. The summed E-state index contributed by atoms with van der Waals surface area (Å²) in [6, 6.07) is 1.37. The van der Waals surface area contributed by atoms with Gasteiger partial charge in [0.25, 0.3) is 0 Å². The van der Waals surface area contributed by atoms with Crippen LogP contribution in [0.15, 0.2) is 6.07 Å². The molecule has 120 valence electrons. The van der Waals surface area contributed by atoms with Gasteiger partial charge in [-0.05, 0) is 18.9 Å². The van der Waals surface area contributed by atoms with Crippen molar-refractivity contribution >= 4 is 29.2 Å². The Balaban J connectivity index is 2.46. The monoisotopic (exact) mass is 335 g/mol. The van der Waals surface area contributed by atoms with Crippen LogP contribution in [0.5, 0.6) is 0 Å². The average molecular weight is 336 g/mol. The Morgan fingerprint density at radius 1 is 1.48 bits per heavy atom. The van der Waals surface area contributed by atoms with E-state index >= 15 is 0 Å². The van der Waals surface area contributed by atoms with Gasteiger partial charge in [0.15, 0.2) is 0 Å². The first kappa shape index (κ1) is 18.1. The maximum absolute atomic E-state index is 11.8. The molecule has 0 aliphatic heterocycles. The molecule has 0 saturated carbocycles. The third-order valence-electron chi connectivity index (χ3n) is 3.93. The number of hydrogen-bond acceptors (Lipinski definition) is 2. The molecule has 3 N–H and O–H groups in total. The quantitative estimate of drug-likeness (QED) is 0.748. The van der Waals surface area contributed by atoms with Gasteiger partial charge in [-0.2, -0.15) is 0 Å². The summed E-state index contributed by atoms with van der Waals surface area (Å²) in [5, 5.41) is 16.5. The van der Waals surface area contributed by atoms with Crippen molar-refractivity contribution in [2.45, 2.75) is 39.3 Å². The first-order valence-electron chi connectivity index (χ1n) is 6.92. The van der Waals surface area contributed by atoms with Crippen LogP contribution >= 0.6 is 23.2 Å². The van der Waals surface area contributed by atoms with E-state index in [1.165, 1.54) is 0 Å². The Labute approximate surface area is 135 Å². The molecule has 5 nitrogen and oxygen atoms in total. The number of halogens is 2. The Bertz CT molecular complexity index is 501. The summed E-state index contributed by atoms with van der Waals surface area (Å²) in [6.45, 7) is 6.18. The molecular formula is C14H23Cl2N3O2. The number of rotatable bonds is 6. The number of nitrogens with one attached hydrogen (secondary N) is 2. The Morgan fingerprint density at radius 2 is 2.10 bits per heavy atom. The van der Waals surface area contributed by atoms with Gasteiger partial charge in [-0.15, -0.1) is 0 Å². The van der Waals surface area contributed by atoms with Crippen molar-refractivity contribution < 1.29 is 9.90 Å². The molecular weight excluding hydrogens is 313 g/mol. The normalized spacial score (nSPS) is 15.4. The topological polar surface area (TPSA) is 66.3 Å². The van der Waals surface area contributed by atoms with Gasteiger partial charge in [0.05, 0.1) is 17.2 Å². The van der Waals surface area contributed by atoms with Crippen LogP contribution in [0.25, 0.3) is 0 Å². The zero-order chi connectivity index (χ0) is 16.2. The second-order valence-electron chi connectivity index (χ2n) is 5.54. The van der Waals surface area contributed by atoms with Crippen molar-refractivity contribution in [1.29, 1.82) is 0 Å². The Kier molecular flexibility index (Phi) is 6.38. The van der Waals surface area contributed by atoms with Gasteiger partial charge in [0.2, 0.25) is 0 Å². The number of aliphatic hydroxyl groups is 1. The van der Waals surface area contributed by atoms with E-state index < -0.39 is 5.60 Å². The minimum absolute atomic E-state index is 0.100. The van der Waals surface area contributed by atoms with Gasteiger partial charge in [0.1, 0.15) is 5.15 Å². The molecule has 0 aromatic carbocycles. The van der Waals surface area contributed by atoms with E-state index in [4.69, 9.17) is 23.2 Å². The molecule has 0 radical (unpaired) electrons. The molecule has 0 saturated heterocycles. The molecule has 2 unspecified atom stereocenters. The van der Waals surface area contributed by atoms with Crippen LogP contribution < -0.4 is 10.6 Å².